The zero-order chi connectivity index (χ0) is 16.1. The van der Waals surface area contributed by atoms with E-state index in [1.165, 1.54) is 18.5 Å². The van der Waals surface area contributed by atoms with E-state index in [-0.39, 0.29) is 40.9 Å². The van der Waals surface area contributed by atoms with Crippen LogP contribution in [0.1, 0.15) is 29.8 Å². The molecule has 22 heavy (non-hydrogen) atoms. The number of hydrogen-bond donors (Lipinski definition) is 1. The molecule has 0 aromatic carbocycles. The van der Waals surface area contributed by atoms with Gasteiger partial charge < -0.3 is 5.32 Å². The van der Waals surface area contributed by atoms with Gasteiger partial charge in [-0.2, -0.15) is 18.3 Å². The van der Waals surface area contributed by atoms with Crippen LogP contribution in [-0.2, 0) is 17.5 Å². The number of fused-ring (bicyclic) bond motifs is 1. The Morgan fingerprint density at radius 1 is 1.41 bits per heavy atom. The van der Waals surface area contributed by atoms with Crippen LogP contribution in [0.2, 0.25) is 0 Å². The molecule has 1 saturated carbocycles. The maximum Gasteiger partial charge on any atom is 0.417 e. The third kappa shape index (κ3) is 2.77. The smallest absolute Gasteiger partial charge is 0.352 e. The molecule has 0 spiro atoms. The van der Waals surface area contributed by atoms with Crippen molar-refractivity contribution in [3.63, 3.8) is 0 Å². The van der Waals surface area contributed by atoms with Crippen molar-refractivity contribution in [3.8, 4) is 0 Å². The second-order valence-electron chi connectivity index (χ2n) is 5.59. The molecule has 2 aromatic rings. The molecular weight excluding hydrogens is 297 g/mol. The summed E-state index contributed by atoms with van der Waals surface area (Å²) < 4.78 is 40.8. The molecular formula is C14H15F3N4O. The van der Waals surface area contributed by atoms with Crippen molar-refractivity contribution in [2.45, 2.75) is 45.5 Å². The quantitative estimate of drug-likeness (QED) is 0.946. The van der Waals surface area contributed by atoms with Crippen LogP contribution < -0.4 is 5.32 Å². The summed E-state index contributed by atoms with van der Waals surface area (Å²) in [6.45, 7) is 2.85. The Morgan fingerprint density at radius 2 is 2.09 bits per heavy atom. The molecule has 0 radical (unpaired) electrons. The van der Waals surface area contributed by atoms with E-state index in [0.717, 1.165) is 18.9 Å². The number of aryl methyl sites for hydroxylation is 2. The van der Waals surface area contributed by atoms with Gasteiger partial charge in [0.2, 0.25) is 5.91 Å². The molecule has 1 N–H and O–H groups in total. The Morgan fingerprint density at radius 3 is 2.68 bits per heavy atom. The van der Waals surface area contributed by atoms with Crippen LogP contribution in [0.4, 0.5) is 13.2 Å². The van der Waals surface area contributed by atoms with Crippen molar-refractivity contribution >= 4 is 16.9 Å². The van der Waals surface area contributed by atoms with E-state index >= 15 is 0 Å². The molecule has 2 heterocycles. The van der Waals surface area contributed by atoms with Gasteiger partial charge in [0.15, 0.2) is 5.65 Å². The number of hydrogen-bond acceptors (Lipinski definition) is 3. The number of pyridine rings is 1. The second-order valence-corrected chi connectivity index (χ2v) is 5.59. The maximum atomic E-state index is 13.2. The van der Waals surface area contributed by atoms with Gasteiger partial charge in [-0.1, -0.05) is 0 Å². The number of rotatable bonds is 3. The highest BCUT2D eigenvalue weighted by Gasteiger charge is 2.35. The van der Waals surface area contributed by atoms with Crippen molar-refractivity contribution < 1.29 is 18.0 Å². The Bertz CT molecular complexity index is 747. The Hall–Kier alpha value is -2.12. The van der Waals surface area contributed by atoms with E-state index in [1.54, 1.807) is 0 Å². The summed E-state index contributed by atoms with van der Waals surface area (Å²) >= 11 is 0. The van der Waals surface area contributed by atoms with Gasteiger partial charge in [0, 0.05) is 11.7 Å². The van der Waals surface area contributed by atoms with Gasteiger partial charge in [0.1, 0.15) is 6.54 Å². The lowest BCUT2D eigenvalue weighted by molar-refractivity contribution is -0.136. The lowest BCUT2D eigenvalue weighted by atomic mass is 10.1. The number of alkyl halides is 3. The minimum atomic E-state index is -4.49. The van der Waals surface area contributed by atoms with E-state index in [4.69, 9.17) is 0 Å². The Balaban J connectivity index is 2.05. The second kappa shape index (κ2) is 4.96. The van der Waals surface area contributed by atoms with E-state index < -0.39 is 11.7 Å². The predicted octanol–water partition coefficient (Wildman–Crippen LogP) is 2.35. The average Bonchev–Trinajstić information content (AvgIpc) is 3.14. The topological polar surface area (TPSA) is 59.8 Å². The van der Waals surface area contributed by atoms with E-state index in [9.17, 15) is 18.0 Å². The van der Waals surface area contributed by atoms with E-state index in [0.29, 0.717) is 0 Å². The molecule has 8 heteroatoms. The highest BCUT2D eigenvalue weighted by Crippen LogP contribution is 2.36. The number of amides is 1. The zero-order valence-corrected chi connectivity index (χ0v) is 12.2. The summed E-state index contributed by atoms with van der Waals surface area (Å²) in [4.78, 5) is 16.0. The summed E-state index contributed by atoms with van der Waals surface area (Å²) in [5, 5.41) is 6.81. The van der Waals surface area contributed by atoms with Crippen molar-refractivity contribution in [1.82, 2.24) is 20.1 Å². The largest absolute Gasteiger partial charge is 0.417 e. The minimum absolute atomic E-state index is 0.0441. The number of nitrogens with one attached hydrogen (secondary N) is 1. The van der Waals surface area contributed by atoms with Gasteiger partial charge in [0.05, 0.1) is 16.6 Å². The van der Waals surface area contributed by atoms with Gasteiger partial charge >= 0.3 is 6.18 Å². The number of aromatic nitrogens is 3. The van der Waals surface area contributed by atoms with Gasteiger partial charge in [0.25, 0.3) is 0 Å². The fourth-order valence-electron chi connectivity index (χ4n) is 2.45. The van der Waals surface area contributed by atoms with E-state index in [2.05, 4.69) is 15.4 Å². The third-order valence-corrected chi connectivity index (χ3v) is 3.55. The first kappa shape index (κ1) is 14.8. The summed E-state index contributed by atoms with van der Waals surface area (Å²) in [5.41, 5.74) is -0.213. The molecule has 0 atom stereocenters. The first-order chi connectivity index (χ1) is 10.3. The van der Waals surface area contributed by atoms with Crippen LogP contribution in [0, 0.1) is 13.8 Å². The van der Waals surface area contributed by atoms with Crippen molar-refractivity contribution in [2.75, 3.05) is 0 Å². The van der Waals surface area contributed by atoms with Gasteiger partial charge in [-0.15, -0.1) is 0 Å². The molecule has 0 saturated heterocycles. The van der Waals surface area contributed by atoms with Crippen molar-refractivity contribution in [2.24, 2.45) is 0 Å². The molecule has 5 nitrogen and oxygen atoms in total. The predicted molar refractivity (Wildman–Crippen MR) is 73.2 cm³/mol. The van der Waals surface area contributed by atoms with Gasteiger partial charge in [-0.3, -0.25) is 4.79 Å². The summed E-state index contributed by atoms with van der Waals surface area (Å²) in [7, 11) is 0. The molecule has 1 aliphatic carbocycles. The molecule has 0 bridgehead atoms. The molecule has 0 unspecified atom stereocenters. The van der Waals surface area contributed by atoms with E-state index in [1.807, 2.05) is 0 Å². The van der Waals surface area contributed by atoms with Gasteiger partial charge in [-0.05, 0) is 32.8 Å². The summed E-state index contributed by atoms with van der Waals surface area (Å²) in [6.07, 6.45) is -2.60. The normalized spacial score (nSPS) is 15.3. The summed E-state index contributed by atoms with van der Waals surface area (Å²) in [6, 6.07) is 1.20. The number of carbonyl (C=O) groups is 1. The fourth-order valence-corrected chi connectivity index (χ4v) is 2.45. The van der Waals surface area contributed by atoms with Crippen LogP contribution in [0.3, 0.4) is 0 Å². The Labute approximate surface area is 124 Å². The molecule has 2 aromatic heterocycles. The maximum absolute atomic E-state index is 13.2. The first-order valence-electron chi connectivity index (χ1n) is 6.97. The standard InChI is InChI=1S/C14H15F3N4O/c1-7-5-10(14(15,16)17)12-8(2)20-21(13(12)18-7)6-11(22)19-9-3-4-9/h5,9H,3-4,6H2,1-2H3,(H,19,22). The molecule has 3 rings (SSSR count). The van der Waals surface area contributed by atoms with Gasteiger partial charge in [-0.25, -0.2) is 9.67 Å². The third-order valence-electron chi connectivity index (χ3n) is 3.55. The van der Waals surface area contributed by atoms with Crippen LogP contribution in [-0.4, -0.2) is 26.7 Å². The molecule has 118 valence electrons. The summed E-state index contributed by atoms with van der Waals surface area (Å²) in [5.74, 6) is -0.260. The van der Waals surface area contributed by atoms with Crippen molar-refractivity contribution in [3.05, 3.63) is 23.0 Å². The van der Waals surface area contributed by atoms with Crippen LogP contribution in [0.5, 0.6) is 0 Å². The SMILES string of the molecule is Cc1cc(C(F)(F)F)c2c(C)nn(CC(=O)NC3CC3)c2n1. The van der Waals surface area contributed by atoms with Crippen LogP contribution in [0.25, 0.3) is 11.0 Å². The average molecular weight is 312 g/mol. The number of nitrogens with zero attached hydrogens (tertiary/aromatic N) is 3. The molecule has 0 aliphatic heterocycles. The fraction of sp³-hybridized carbons (Fsp3) is 0.500. The molecule has 1 fully saturated rings. The highest BCUT2D eigenvalue weighted by atomic mass is 19.4. The zero-order valence-electron chi connectivity index (χ0n) is 12.2. The Kier molecular flexibility index (Phi) is 3.34. The van der Waals surface area contributed by atoms with Crippen LogP contribution >= 0.6 is 0 Å². The number of carbonyl (C=O) groups excluding carboxylic acids is 1. The monoisotopic (exact) mass is 312 g/mol. The van der Waals surface area contributed by atoms with Crippen molar-refractivity contribution in [1.29, 1.82) is 0 Å². The minimum Gasteiger partial charge on any atom is -0.352 e. The molecule has 1 aliphatic rings. The lowest BCUT2D eigenvalue weighted by Crippen LogP contribution is -2.29. The number of halogens is 3. The molecule has 1 amide bonds. The highest BCUT2D eigenvalue weighted by molar-refractivity contribution is 5.85. The first-order valence-corrected chi connectivity index (χ1v) is 6.97. The lowest BCUT2D eigenvalue weighted by Gasteiger charge is -2.10. The van der Waals surface area contributed by atoms with Crippen LogP contribution in [0.15, 0.2) is 6.07 Å².